The Bertz CT molecular complexity index is 448. The zero-order chi connectivity index (χ0) is 40.1. The van der Waals surface area contributed by atoms with E-state index in [1.165, 1.54) is 0 Å². The third-order valence-electron chi connectivity index (χ3n) is 8.17. The Balaban J connectivity index is -0.0000000516. The van der Waals surface area contributed by atoms with Crippen LogP contribution in [0.2, 0.25) is 0 Å². The number of rotatable bonds is 14. The summed E-state index contributed by atoms with van der Waals surface area (Å²) in [5, 5.41) is 0. The first-order valence-corrected chi connectivity index (χ1v) is 28.7. The number of hydrogen-bond acceptors (Lipinski definition) is 4. The summed E-state index contributed by atoms with van der Waals surface area (Å²) in [4.78, 5) is 0. The molecule has 0 atom stereocenters. The molecule has 0 spiro atoms. The Labute approximate surface area is 403 Å². The van der Waals surface area contributed by atoms with Gasteiger partial charge in [-0.1, -0.05) is 0 Å². The number of hydrogen-bond donors (Lipinski definition) is 0. The molecule has 0 aliphatic rings. The van der Waals surface area contributed by atoms with Gasteiger partial charge in [-0.15, -0.1) is 0 Å². The average Bonchev–Trinajstić information content (AvgIpc) is 2.87. The van der Waals surface area contributed by atoms with E-state index in [1.54, 1.807) is 0 Å². The zero-order valence-corrected chi connectivity index (χ0v) is 49.6. The quantitative estimate of drug-likeness (QED) is 0.0965. The third-order valence-corrected chi connectivity index (χ3v) is 25.5. The minimum absolute atomic E-state index is 0. The molecule has 0 amide bonds. The van der Waals surface area contributed by atoms with Crippen LogP contribution in [0, 0.1) is 0 Å². The first-order chi connectivity index (χ1) is 21.7. The Kier molecular flexibility index (Phi) is 81.6. The summed E-state index contributed by atoms with van der Waals surface area (Å²) in [5.74, 6) is 2.87. The van der Waals surface area contributed by atoms with E-state index in [1.807, 2.05) is 0 Å². The van der Waals surface area contributed by atoms with Crippen molar-refractivity contribution < 1.29 is 68.3 Å². The molecule has 0 heterocycles. The summed E-state index contributed by atoms with van der Waals surface area (Å²) in [6.45, 7) is 56.9. The SMILES string of the molecule is CC(C)[PH+](C(C)C)C(C)C.CC(C)[PH+](C(C)C)C(C)C.CC(C)[PH+](C(C)C)C(C)C.CC(C)[PH+](C(C)C)C(C)C.[Cu+].[Cu+].[Cu+].[Cu+].[S-]CC[S-].[S-]CC[S-]. The molecule has 0 fully saturated rings. The molecule has 0 aromatic heterocycles. The predicted octanol–water partition coefficient (Wildman–Crippen LogP) is 13.9. The summed E-state index contributed by atoms with van der Waals surface area (Å²) in [5.41, 5.74) is 11.2. The van der Waals surface area contributed by atoms with Crippen LogP contribution >= 0.6 is 31.7 Å². The fraction of sp³-hybridized carbons (Fsp3) is 1.00. The van der Waals surface area contributed by atoms with E-state index < -0.39 is 0 Å². The average molecular weight is 1080 g/mol. The van der Waals surface area contributed by atoms with Crippen LogP contribution in [0.25, 0.3) is 0 Å². The van der Waals surface area contributed by atoms with Gasteiger partial charge < -0.3 is 50.5 Å². The molecule has 0 radical (unpaired) electrons. The van der Waals surface area contributed by atoms with Crippen molar-refractivity contribution in [2.24, 2.45) is 0 Å². The van der Waals surface area contributed by atoms with Gasteiger partial charge in [-0.25, -0.2) is 0 Å². The molecule has 0 saturated carbocycles. The Morgan fingerprint density at radius 2 is 0.269 bits per heavy atom. The summed E-state index contributed by atoms with van der Waals surface area (Å²) in [6, 6.07) is 0. The first-order valence-electron chi connectivity index (χ1n) is 19.5. The molecule has 0 aliphatic heterocycles. The minimum atomic E-state index is -0.0957. The van der Waals surface area contributed by atoms with Gasteiger partial charge in [0.15, 0.2) is 0 Å². The van der Waals surface area contributed by atoms with Gasteiger partial charge in [-0.2, -0.15) is 23.0 Å². The first kappa shape index (κ1) is 81.1. The second kappa shape index (κ2) is 52.3. The van der Waals surface area contributed by atoms with Crippen LogP contribution in [0.4, 0.5) is 0 Å². The minimum Gasteiger partial charge on any atom is -0.794 e. The molecule has 0 nitrogen and oxygen atoms in total. The molecule has 0 aliphatic carbocycles. The molecule has 52 heavy (non-hydrogen) atoms. The maximum absolute atomic E-state index is 4.45. The van der Waals surface area contributed by atoms with Gasteiger partial charge >= 0.3 is 68.3 Å². The standard InChI is InChI=1S/4C9H21P.2C2H6S2.4Cu/c4*1-7(2)10(8(3)4)9(5)6;2*3-1-2-4;;;;/h4*7-9H,1-6H3;2*3-4H,1-2H2;;;;/q;;;;;;4*+1. The monoisotopic (exact) mass is 1080 g/mol. The second-order valence-electron chi connectivity index (χ2n) is 16.7. The topological polar surface area (TPSA) is 0 Å². The van der Waals surface area contributed by atoms with Crippen LogP contribution < -0.4 is 0 Å². The molecule has 0 aromatic carbocycles. The Morgan fingerprint density at radius 3 is 0.269 bits per heavy atom. The molecular weight excluding hydrogens is 987 g/mol. The molecule has 12 heteroatoms. The van der Waals surface area contributed by atoms with Crippen LogP contribution in [-0.2, 0) is 119 Å². The van der Waals surface area contributed by atoms with Crippen LogP contribution in [-0.4, -0.2) is 90.9 Å². The van der Waals surface area contributed by atoms with Crippen molar-refractivity contribution in [1.29, 1.82) is 0 Å². The van der Waals surface area contributed by atoms with Crippen molar-refractivity contribution in [2.45, 2.75) is 234 Å². The largest absolute Gasteiger partial charge is 1.00 e. The van der Waals surface area contributed by atoms with Crippen molar-refractivity contribution in [3.63, 3.8) is 0 Å². The fourth-order valence-electron chi connectivity index (χ4n) is 8.00. The van der Waals surface area contributed by atoms with Crippen molar-refractivity contribution >= 4 is 82.2 Å². The molecule has 0 unspecified atom stereocenters. The second-order valence-corrected chi connectivity index (χ2v) is 36.2. The van der Waals surface area contributed by atoms with E-state index in [9.17, 15) is 0 Å². The molecule has 340 valence electrons. The molecule has 0 rings (SSSR count). The van der Waals surface area contributed by atoms with Crippen LogP contribution in [0.3, 0.4) is 0 Å². The molecule has 0 bridgehead atoms. The van der Waals surface area contributed by atoms with Gasteiger partial charge in [0, 0.05) is 31.7 Å². The summed E-state index contributed by atoms with van der Waals surface area (Å²) in [7, 11) is -0.383. The fourth-order valence-corrected chi connectivity index (χ4v) is 24.0. The normalized spacial score (nSPS) is 10.8. The van der Waals surface area contributed by atoms with E-state index in [0.29, 0.717) is 0 Å². The smallest absolute Gasteiger partial charge is 0.794 e. The van der Waals surface area contributed by atoms with Crippen LogP contribution in [0.15, 0.2) is 0 Å². The van der Waals surface area contributed by atoms with Gasteiger partial charge in [0.05, 0.1) is 67.9 Å². The third kappa shape index (κ3) is 53.2. The van der Waals surface area contributed by atoms with E-state index in [2.05, 4.69) is 217 Å². The van der Waals surface area contributed by atoms with E-state index in [4.69, 9.17) is 0 Å². The van der Waals surface area contributed by atoms with E-state index in [-0.39, 0.29) is 100.0 Å². The van der Waals surface area contributed by atoms with Gasteiger partial charge in [0.1, 0.15) is 0 Å². The predicted molar refractivity (Wildman–Crippen MR) is 264 cm³/mol. The van der Waals surface area contributed by atoms with Gasteiger partial charge in [0.2, 0.25) is 0 Å². The van der Waals surface area contributed by atoms with Gasteiger partial charge in [-0.3, -0.25) is 0 Å². The summed E-state index contributed by atoms with van der Waals surface area (Å²) in [6.07, 6.45) is 0. The molecule has 0 N–H and O–H groups in total. The zero-order valence-electron chi connectivity index (χ0n) is 38.6. The Morgan fingerprint density at radius 1 is 0.212 bits per heavy atom. The van der Waals surface area contributed by atoms with Crippen molar-refractivity contribution in [2.75, 3.05) is 23.0 Å². The molecule has 0 aromatic rings. The maximum Gasteiger partial charge on any atom is 1.00 e. The van der Waals surface area contributed by atoms with E-state index >= 15 is 0 Å². The van der Waals surface area contributed by atoms with Crippen LogP contribution in [0.5, 0.6) is 0 Å². The summed E-state index contributed by atoms with van der Waals surface area (Å²) < 4.78 is 0. The van der Waals surface area contributed by atoms with Crippen molar-refractivity contribution in [3.05, 3.63) is 0 Å². The van der Waals surface area contributed by atoms with Crippen LogP contribution in [0.1, 0.15) is 166 Å². The molecular formula is C40H96Cu4P4S4+4. The van der Waals surface area contributed by atoms with Crippen molar-refractivity contribution in [1.82, 2.24) is 0 Å². The molecule has 0 saturated heterocycles. The van der Waals surface area contributed by atoms with Crippen molar-refractivity contribution in [3.8, 4) is 0 Å². The Hall–Kier alpha value is 5.20. The van der Waals surface area contributed by atoms with E-state index in [0.717, 1.165) is 90.9 Å². The summed E-state index contributed by atoms with van der Waals surface area (Å²) >= 11 is 17.8. The van der Waals surface area contributed by atoms with Gasteiger partial charge in [0.25, 0.3) is 0 Å². The maximum atomic E-state index is 4.45. The van der Waals surface area contributed by atoms with Gasteiger partial charge in [-0.05, 0) is 166 Å².